The van der Waals surface area contributed by atoms with Crippen LogP contribution in [0.1, 0.15) is 43.1 Å². The molecule has 1 aliphatic rings. The molecular formula is C14H18Cl2N2O2. The van der Waals surface area contributed by atoms with Gasteiger partial charge in [0.25, 0.3) is 5.91 Å². The molecule has 2 rings (SSSR count). The number of rotatable bonds is 3. The Morgan fingerprint density at radius 2 is 2.30 bits per heavy atom. The number of aliphatic hydroxyl groups excluding tert-OH is 1. The fraction of sp³-hybridized carbons (Fsp3) is 0.571. The van der Waals surface area contributed by atoms with Crippen molar-refractivity contribution in [1.82, 2.24) is 10.3 Å². The van der Waals surface area contributed by atoms with Crippen LogP contribution >= 0.6 is 23.2 Å². The monoisotopic (exact) mass is 316 g/mol. The van der Waals surface area contributed by atoms with Crippen LogP contribution in [0.5, 0.6) is 0 Å². The number of pyridine rings is 1. The Hall–Kier alpha value is -0.840. The zero-order valence-corrected chi connectivity index (χ0v) is 12.8. The highest BCUT2D eigenvalue weighted by atomic mass is 35.5. The second kappa shape index (κ2) is 6.29. The molecular weight excluding hydrogens is 299 g/mol. The van der Waals surface area contributed by atoms with Crippen LogP contribution in [0.3, 0.4) is 0 Å². The molecule has 6 heteroatoms. The highest BCUT2D eigenvalue weighted by Gasteiger charge is 2.36. The van der Waals surface area contributed by atoms with Gasteiger partial charge in [0, 0.05) is 0 Å². The number of aromatic nitrogens is 1. The van der Waals surface area contributed by atoms with Crippen LogP contribution in [0.2, 0.25) is 10.2 Å². The number of hydrogen-bond acceptors (Lipinski definition) is 3. The first-order valence-electron chi connectivity index (χ1n) is 6.71. The van der Waals surface area contributed by atoms with E-state index in [1.54, 1.807) is 6.07 Å². The van der Waals surface area contributed by atoms with Gasteiger partial charge in [-0.25, -0.2) is 4.98 Å². The van der Waals surface area contributed by atoms with Crippen molar-refractivity contribution in [2.75, 3.05) is 6.61 Å². The predicted octanol–water partition coefficient (Wildman–Crippen LogP) is 3.06. The van der Waals surface area contributed by atoms with E-state index in [9.17, 15) is 9.90 Å². The van der Waals surface area contributed by atoms with Gasteiger partial charge < -0.3 is 10.4 Å². The number of halogens is 2. The van der Waals surface area contributed by atoms with Crippen molar-refractivity contribution >= 4 is 29.1 Å². The molecule has 2 unspecified atom stereocenters. The maximum Gasteiger partial charge on any atom is 0.272 e. The van der Waals surface area contributed by atoms with Crippen molar-refractivity contribution in [3.63, 3.8) is 0 Å². The third-order valence-electron chi connectivity index (χ3n) is 3.80. The van der Waals surface area contributed by atoms with Gasteiger partial charge in [-0.2, -0.15) is 0 Å². The molecule has 4 nitrogen and oxygen atoms in total. The minimum Gasteiger partial charge on any atom is -0.394 e. The van der Waals surface area contributed by atoms with E-state index in [1.807, 2.05) is 0 Å². The van der Waals surface area contributed by atoms with E-state index in [4.69, 9.17) is 23.2 Å². The Morgan fingerprint density at radius 1 is 1.55 bits per heavy atom. The lowest BCUT2D eigenvalue weighted by atomic mass is 9.77. The maximum absolute atomic E-state index is 12.3. The number of amides is 1. The third kappa shape index (κ3) is 3.43. The van der Waals surface area contributed by atoms with E-state index in [0.717, 1.165) is 25.7 Å². The zero-order valence-electron chi connectivity index (χ0n) is 11.3. The topological polar surface area (TPSA) is 62.2 Å². The summed E-state index contributed by atoms with van der Waals surface area (Å²) in [6.07, 6.45) is 3.62. The summed E-state index contributed by atoms with van der Waals surface area (Å²) < 4.78 is 0. The molecule has 0 aromatic carbocycles. The lowest BCUT2D eigenvalue weighted by Gasteiger charge is -2.39. The van der Waals surface area contributed by atoms with Crippen LogP contribution in [0.25, 0.3) is 0 Å². The molecule has 1 heterocycles. The van der Waals surface area contributed by atoms with Crippen molar-refractivity contribution in [1.29, 1.82) is 0 Å². The molecule has 1 fully saturated rings. The zero-order chi connectivity index (χ0) is 14.8. The Balaban J connectivity index is 2.19. The summed E-state index contributed by atoms with van der Waals surface area (Å²) in [4.78, 5) is 16.3. The van der Waals surface area contributed by atoms with E-state index >= 15 is 0 Å². The molecule has 2 atom stereocenters. The standard InChI is InChI=1S/C14H18Cl2N2O2/c1-9-3-2-6-14(7-9,8-19)18-13(20)12-10(15)4-5-11(16)17-12/h4-5,9,19H,2-3,6-8H2,1H3,(H,18,20). The molecule has 1 aromatic rings. The maximum atomic E-state index is 12.3. The summed E-state index contributed by atoms with van der Waals surface area (Å²) >= 11 is 11.8. The van der Waals surface area contributed by atoms with Crippen molar-refractivity contribution in [2.45, 2.75) is 38.1 Å². The molecule has 1 saturated carbocycles. The van der Waals surface area contributed by atoms with Crippen molar-refractivity contribution in [3.8, 4) is 0 Å². The summed E-state index contributed by atoms with van der Waals surface area (Å²) in [5.41, 5.74) is -0.479. The van der Waals surface area contributed by atoms with E-state index < -0.39 is 5.54 Å². The van der Waals surface area contributed by atoms with Gasteiger partial charge in [0.1, 0.15) is 10.8 Å². The van der Waals surface area contributed by atoms with Gasteiger partial charge in [0.2, 0.25) is 0 Å². The average Bonchev–Trinajstić information content (AvgIpc) is 2.41. The summed E-state index contributed by atoms with van der Waals surface area (Å²) in [5, 5.41) is 13.1. The van der Waals surface area contributed by atoms with Crippen LogP contribution in [-0.2, 0) is 0 Å². The van der Waals surface area contributed by atoms with Crippen molar-refractivity contribution < 1.29 is 9.90 Å². The first kappa shape index (κ1) is 15.5. The second-order valence-electron chi connectivity index (χ2n) is 5.56. The summed E-state index contributed by atoms with van der Waals surface area (Å²) in [6, 6.07) is 3.08. The summed E-state index contributed by atoms with van der Waals surface area (Å²) in [7, 11) is 0. The van der Waals surface area contributed by atoms with E-state index in [-0.39, 0.29) is 28.4 Å². The normalized spacial score (nSPS) is 26.3. The number of nitrogens with one attached hydrogen (secondary N) is 1. The van der Waals surface area contributed by atoms with Crippen LogP contribution < -0.4 is 5.32 Å². The molecule has 2 N–H and O–H groups in total. The van der Waals surface area contributed by atoms with Gasteiger partial charge >= 0.3 is 0 Å². The highest BCUT2D eigenvalue weighted by Crippen LogP contribution is 2.32. The fourth-order valence-electron chi connectivity index (χ4n) is 2.83. The number of aliphatic hydroxyl groups is 1. The first-order chi connectivity index (χ1) is 9.46. The molecule has 0 bridgehead atoms. The van der Waals surface area contributed by atoms with Gasteiger partial charge in [-0.1, -0.05) is 43.0 Å². The Morgan fingerprint density at radius 3 is 2.95 bits per heavy atom. The SMILES string of the molecule is CC1CCCC(CO)(NC(=O)c2nc(Cl)ccc2Cl)C1. The van der Waals surface area contributed by atoms with Gasteiger partial charge in [-0.3, -0.25) is 4.79 Å². The Labute approximate surface area is 128 Å². The quantitative estimate of drug-likeness (QED) is 0.842. The summed E-state index contributed by atoms with van der Waals surface area (Å²) in [5.74, 6) is 0.0830. The van der Waals surface area contributed by atoms with Gasteiger partial charge in [-0.15, -0.1) is 0 Å². The number of nitrogens with zero attached hydrogens (tertiary/aromatic N) is 1. The number of carbonyl (C=O) groups excluding carboxylic acids is 1. The molecule has 0 radical (unpaired) electrons. The molecule has 1 aromatic heterocycles. The van der Waals surface area contributed by atoms with Crippen molar-refractivity contribution in [3.05, 3.63) is 28.0 Å². The lowest BCUT2D eigenvalue weighted by Crippen LogP contribution is -2.54. The van der Waals surface area contributed by atoms with Gasteiger partial charge in [0.05, 0.1) is 17.2 Å². The highest BCUT2D eigenvalue weighted by molar-refractivity contribution is 6.34. The smallest absolute Gasteiger partial charge is 0.272 e. The van der Waals surface area contributed by atoms with Gasteiger partial charge in [0.15, 0.2) is 0 Å². The second-order valence-corrected chi connectivity index (χ2v) is 6.35. The minimum atomic E-state index is -0.581. The van der Waals surface area contributed by atoms with Crippen molar-refractivity contribution in [2.24, 2.45) is 5.92 Å². The van der Waals surface area contributed by atoms with Crippen LogP contribution in [0.4, 0.5) is 0 Å². The molecule has 0 spiro atoms. The minimum absolute atomic E-state index is 0.0821. The fourth-order valence-corrected chi connectivity index (χ4v) is 3.17. The van der Waals surface area contributed by atoms with E-state index in [1.165, 1.54) is 6.07 Å². The molecule has 1 amide bonds. The molecule has 0 aliphatic heterocycles. The van der Waals surface area contributed by atoms with Crippen LogP contribution in [0.15, 0.2) is 12.1 Å². The molecule has 1 aliphatic carbocycles. The molecule has 0 saturated heterocycles. The molecule has 110 valence electrons. The summed E-state index contributed by atoms with van der Waals surface area (Å²) in [6.45, 7) is 2.04. The number of hydrogen-bond donors (Lipinski definition) is 2. The average molecular weight is 317 g/mol. The predicted molar refractivity (Wildman–Crippen MR) is 79.2 cm³/mol. The van der Waals surface area contributed by atoms with E-state index in [2.05, 4.69) is 17.2 Å². The van der Waals surface area contributed by atoms with Crippen LogP contribution in [0, 0.1) is 5.92 Å². The van der Waals surface area contributed by atoms with Gasteiger partial charge in [-0.05, 0) is 30.9 Å². The molecule has 20 heavy (non-hydrogen) atoms. The number of carbonyl (C=O) groups is 1. The Bertz CT molecular complexity index is 510. The van der Waals surface area contributed by atoms with E-state index in [0.29, 0.717) is 5.92 Å². The Kier molecular flexibility index (Phi) is 4.89. The first-order valence-corrected chi connectivity index (χ1v) is 7.47. The third-order valence-corrected chi connectivity index (χ3v) is 4.32. The van der Waals surface area contributed by atoms with Crippen LogP contribution in [-0.4, -0.2) is 28.1 Å². The lowest BCUT2D eigenvalue weighted by molar-refractivity contribution is 0.0693. The largest absolute Gasteiger partial charge is 0.394 e.